The number of aliphatic hydroxyl groups is 1. The van der Waals surface area contributed by atoms with Crippen LogP contribution in [0.4, 0.5) is 0 Å². The second-order valence-corrected chi connectivity index (χ2v) is 3.46. The molecule has 15 heavy (non-hydrogen) atoms. The molecule has 86 valence electrons. The van der Waals surface area contributed by atoms with Crippen LogP contribution in [0, 0.1) is 5.92 Å². The van der Waals surface area contributed by atoms with Crippen LogP contribution < -0.4 is 0 Å². The van der Waals surface area contributed by atoms with E-state index >= 15 is 0 Å². The van der Waals surface area contributed by atoms with Gasteiger partial charge in [-0.15, -0.1) is 0 Å². The first-order valence-electron chi connectivity index (χ1n) is 4.48. The minimum Gasteiger partial charge on any atom is -0.479 e. The van der Waals surface area contributed by atoms with Crippen molar-refractivity contribution in [2.75, 3.05) is 0 Å². The Labute approximate surface area is 86.5 Å². The Morgan fingerprint density at radius 1 is 1.27 bits per heavy atom. The first-order valence-corrected chi connectivity index (χ1v) is 4.48. The minimum atomic E-state index is -2.34. The molecule has 2 atom stereocenters. The smallest absolute Gasteiger partial charge is 0.372 e. The topological polar surface area (TPSA) is 112 Å². The first kappa shape index (κ1) is 13.6. The van der Waals surface area contributed by atoms with Gasteiger partial charge in [-0.05, 0) is 13.3 Å². The number of Topliss-reactive ketones (excluding diaryl/α,β-unsaturated/α-hetero) is 1. The van der Waals surface area contributed by atoms with Crippen LogP contribution in [-0.2, 0) is 14.4 Å². The molecule has 0 radical (unpaired) electrons. The van der Waals surface area contributed by atoms with Crippen molar-refractivity contribution in [1.29, 1.82) is 0 Å². The third-order valence-corrected chi connectivity index (χ3v) is 2.22. The first-order chi connectivity index (χ1) is 6.75. The van der Waals surface area contributed by atoms with Gasteiger partial charge in [0.1, 0.15) is 0 Å². The zero-order valence-electron chi connectivity index (χ0n) is 8.56. The number of carbonyl (C=O) groups excluding carboxylic acids is 1. The predicted molar refractivity (Wildman–Crippen MR) is 49.3 cm³/mol. The highest BCUT2D eigenvalue weighted by molar-refractivity contribution is 6.34. The highest BCUT2D eigenvalue weighted by Gasteiger charge is 2.45. The molecule has 0 aliphatic rings. The molecule has 6 nitrogen and oxygen atoms in total. The van der Waals surface area contributed by atoms with Gasteiger partial charge in [0.2, 0.25) is 5.78 Å². The second kappa shape index (κ2) is 4.88. The zero-order chi connectivity index (χ0) is 12.2. The van der Waals surface area contributed by atoms with E-state index in [1.807, 2.05) is 0 Å². The molecular weight excluding hydrogens is 204 g/mol. The molecule has 0 aliphatic carbocycles. The highest BCUT2D eigenvalue weighted by atomic mass is 16.4. The molecule has 2 unspecified atom stereocenters. The summed E-state index contributed by atoms with van der Waals surface area (Å²) in [7, 11) is 0. The molecule has 0 aromatic carbocycles. The lowest BCUT2D eigenvalue weighted by Gasteiger charge is -2.26. The number of carboxylic acid groups (broad SMARTS) is 2. The van der Waals surface area contributed by atoms with Crippen molar-refractivity contribution < 1.29 is 29.7 Å². The molecule has 0 aromatic heterocycles. The van der Waals surface area contributed by atoms with Gasteiger partial charge in [0.05, 0.1) is 5.92 Å². The van der Waals surface area contributed by atoms with Gasteiger partial charge in [0.15, 0.2) is 5.60 Å². The summed E-state index contributed by atoms with van der Waals surface area (Å²) in [6.45, 7) is 2.59. The summed E-state index contributed by atoms with van der Waals surface area (Å²) in [5.74, 6) is -6.02. The Kier molecular flexibility index (Phi) is 4.41. The van der Waals surface area contributed by atoms with E-state index in [4.69, 9.17) is 10.2 Å². The standard InChI is InChI=1S/C9H14O6/c1-3-4-5(6(10)7(11)12)9(2,15)8(13)14/h5,15H,3-4H2,1-2H3,(H,11,12)(H,13,14). The summed E-state index contributed by atoms with van der Waals surface area (Å²) in [6, 6.07) is 0. The lowest BCUT2D eigenvalue weighted by Crippen LogP contribution is -2.48. The maximum atomic E-state index is 11.2. The molecule has 0 fully saturated rings. The fourth-order valence-corrected chi connectivity index (χ4v) is 1.25. The van der Waals surface area contributed by atoms with Gasteiger partial charge in [-0.2, -0.15) is 0 Å². The monoisotopic (exact) mass is 218 g/mol. The van der Waals surface area contributed by atoms with E-state index in [0.29, 0.717) is 6.42 Å². The lowest BCUT2D eigenvalue weighted by molar-refractivity contribution is -0.169. The Bertz CT molecular complexity index is 280. The Balaban J connectivity index is 5.04. The lowest BCUT2D eigenvalue weighted by atomic mass is 9.82. The average molecular weight is 218 g/mol. The van der Waals surface area contributed by atoms with E-state index in [1.165, 1.54) is 0 Å². The summed E-state index contributed by atoms with van der Waals surface area (Å²) in [6.07, 6.45) is 0.428. The van der Waals surface area contributed by atoms with Crippen LogP contribution in [0.15, 0.2) is 0 Å². The van der Waals surface area contributed by atoms with Crippen LogP contribution >= 0.6 is 0 Å². The van der Waals surface area contributed by atoms with E-state index in [9.17, 15) is 19.5 Å². The summed E-state index contributed by atoms with van der Waals surface area (Å²) in [5.41, 5.74) is -2.34. The van der Waals surface area contributed by atoms with Crippen LogP contribution in [0.1, 0.15) is 26.7 Å². The summed E-state index contributed by atoms with van der Waals surface area (Å²) < 4.78 is 0. The van der Waals surface area contributed by atoms with Crippen molar-refractivity contribution in [3.05, 3.63) is 0 Å². The van der Waals surface area contributed by atoms with Crippen LogP contribution in [0.5, 0.6) is 0 Å². The Morgan fingerprint density at radius 2 is 1.73 bits per heavy atom. The average Bonchev–Trinajstić information content (AvgIpc) is 2.12. The zero-order valence-corrected chi connectivity index (χ0v) is 8.56. The highest BCUT2D eigenvalue weighted by Crippen LogP contribution is 2.23. The van der Waals surface area contributed by atoms with Crippen LogP contribution in [0.2, 0.25) is 0 Å². The summed E-state index contributed by atoms with van der Waals surface area (Å²) in [5, 5.41) is 26.7. The number of ketones is 1. The maximum Gasteiger partial charge on any atom is 0.372 e. The van der Waals surface area contributed by atoms with Crippen LogP contribution in [-0.4, -0.2) is 38.6 Å². The van der Waals surface area contributed by atoms with Gasteiger partial charge in [-0.1, -0.05) is 13.3 Å². The quantitative estimate of drug-likeness (QED) is 0.536. The van der Waals surface area contributed by atoms with Crippen molar-refractivity contribution in [3.8, 4) is 0 Å². The number of carboxylic acids is 2. The molecule has 0 rings (SSSR count). The van der Waals surface area contributed by atoms with Crippen molar-refractivity contribution in [3.63, 3.8) is 0 Å². The number of rotatable bonds is 6. The number of hydrogen-bond acceptors (Lipinski definition) is 4. The van der Waals surface area contributed by atoms with E-state index in [-0.39, 0.29) is 6.42 Å². The van der Waals surface area contributed by atoms with Gasteiger partial charge >= 0.3 is 11.9 Å². The van der Waals surface area contributed by atoms with Crippen molar-refractivity contribution in [2.45, 2.75) is 32.3 Å². The Hall–Kier alpha value is -1.43. The van der Waals surface area contributed by atoms with E-state index in [0.717, 1.165) is 6.92 Å². The van der Waals surface area contributed by atoms with E-state index in [2.05, 4.69) is 0 Å². The SMILES string of the molecule is CCCC(C(=O)C(=O)O)C(C)(O)C(=O)O. The second-order valence-electron chi connectivity index (χ2n) is 3.46. The molecule has 3 N–H and O–H groups in total. The molecule has 6 heteroatoms. The van der Waals surface area contributed by atoms with Gasteiger partial charge in [0, 0.05) is 0 Å². The van der Waals surface area contributed by atoms with Crippen molar-refractivity contribution in [2.24, 2.45) is 5.92 Å². The fourth-order valence-electron chi connectivity index (χ4n) is 1.25. The largest absolute Gasteiger partial charge is 0.479 e. The fraction of sp³-hybridized carbons (Fsp3) is 0.667. The third kappa shape index (κ3) is 3.02. The molecule has 0 saturated carbocycles. The van der Waals surface area contributed by atoms with E-state index in [1.54, 1.807) is 6.92 Å². The molecular formula is C9H14O6. The van der Waals surface area contributed by atoms with Gasteiger partial charge in [-0.25, -0.2) is 9.59 Å². The number of carbonyl (C=O) groups is 3. The number of hydrogen-bond donors (Lipinski definition) is 3. The van der Waals surface area contributed by atoms with E-state index < -0.39 is 29.2 Å². The maximum absolute atomic E-state index is 11.2. The molecule has 0 spiro atoms. The van der Waals surface area contributed by atoms with Crippen LogP contribution in [0.25, 0.3) is 0 Å². The van der Waals surface area contributed by atoms with Crippen molar-refractivity contribution >= 4 is 17.7 Å². The van der Waals surface area contributed by atoms with Crippen molar-refractivity contribution in [1.82, 2.24) is 0 Å². The van der Waals surface area contributed by atoms with Gasteiger partial charge < -0.3 is 15.3 Å². The minimum absolute atomic E-state index is 0.0183. The van der Waals surface area contributed by atoms with Gasteiger partial charge in [0.25, 0.3) is 0 Å². The molecule has 0 bridgehead atoms. The summed E-state index contributed by atoms with van der Waals surface area (Å²) >= 11 is 0. The molecule has 0 heterocycles. The normalized spacial score (nSPS) is 16.5. The number of aliphatic carboxylic acids is 2. The summed E-state index contributed by atoms with van der Waals surface area (Å²) in [4.78, 5) is 32.3. The molecule has 0 aromatic rings. The van der Waals surface area contributed by atoms with Gasteiger partial charge in [-0.3, -0.25) is 4.79 Å². The van der Waals surface area contributed by atoms with Crippen LogP contribution in [0.3, 0.4) is 0 Å². The molecule has 0 saturated heterocycles. The third-order valence-electron chi connectivity index (χ3n) is 2.22. The predicted octanol–water partition coefficient (Wildman–Crippen LogP) is -0.108. The molecule has 0 aliphatic heterocycles. The molecule has 0 amide bonds. The Morgan fingerprint density at radius 3 is 2.00 bits per heavy atom.